The fraction of sp³-hybridized carbons (Fsp3) is 0.533. The molecule has 1 saturated heterocycles. The third-order valence-electron chi connectivity index (χ3n) is 3.86. The number of amides is 1. The van der Waals surface area contributed by atoms with Crippen molar-refractivity contribution in [2.75, 3.05) is 25.0 Å². The standard InChI is InChI=1S/C15H20N2O2/c1-10-8-17(9-11(2)19-10)15(18)13-7-16-14-6-4-3-5-12(13)14/h3-6,10-11,13,16H,7-9H2,1-2H3/t10-,11+,13?. The zero-order valence-electron chi connectivity index (χ0n) is 11.4. The number of benzene rings is 1. The molecule has 19 heavy (non-hydrogen) atoms. The van der Waals surface area contributed by atoms with Gasteiger partial charge < -0.3 is 15.0 Å². The molecule has 1 unspecified atom stereocenters. The molecule has 1 aromatic rings. The number of hydrogen-bond donors (Lipinski definition) is 1. The van der Waals surface area contributed by atoms with Crippen molar-refractivity contribution in [3.05, 3.63) is 29.8 Å². The molecule has 0 saturated carbocycles. The van der Waals surface area contributed by atoms with Gasteiger partial charge in [0.25, 0.3) is 0 Å². The fourth-order valence-corrected chi connectivity index (χ4v) is 3.08. The molecule has 102 valence electrons. The van der Waals surface area contributed by atoms with E-state index < -0.39 is 0 Å². The summed E-state index contributed by atoms with van der Waals surface area (Å²) >= 11 is 0. The number of hydrogen-bond acceptors (Lipinski definition) is 3. The Bertz CT molecular complexity index is 479. The minimum Gasteiger partial charge on any atom is -0.384 e. The van der Waals surface area contributed by atoms with Gasteiger partial charge in [0.1, 0.15) is 0 Å². The van der Waals surface area contributed by atoms with Crippen LogP contribution in [-0.4, -0.2) is 42.6 Å². The van der Waals surface area contributed by atoms with Gasteiger partial charge in [-0.25, -0.2) is 0 Å². The van der Waals surface area contributed by atoms with Crippen molar-refractivity contribution in [1.29, 1.82) is 0 Å². The maximum absolute atomic E-state index is 12.7. The number of carbonyl (C=O) groups excluding carboxylic acids is 1. The molecule has 3 atom stereocenters. The minimum atomic E-state index is -0.0475. The van der Waals surface area contributed by atoms with Crippen LogP contribution in [0.4, 0.5) is 5.69 Å². The van der Waals surface area contributed by atoms with Crippen LogP contribution in [0.3, 0.4) is 0 Å². The number of carbonyl (C=O) groups is 1. The summed E-state index contributed by atoms with van der Waals surface area (Å²) in [5.41, 5.74) is 2.22. The highest BCUT2D eigenvalue weighted by atomic mass is 16.5. The fourth-order valence-electron chi connectivity index (χ4n) is 3.08. The normalized spacial score (nSPS) is 29.8. The van der Waals surface area contributed by atoms with E-state index in [0.717, 1.165) is 11.3 Å². The lowest BCUT2D eigenvalue weighted by molar-refractivity contribution is -0.144. The van der Waals surface area contributed by atoms with E-state index in [1.807, 2.05) is 43.0 Å². The van der Waals surface area contributed by atoms with Crippen molar-refractivity contribution in [3.8, 4) is 0 Å². The van der Waals surface area contributed by atoms with E-state index in [-0.39, 0.29) is 24.0 Å². The lowest BCUT2D eigenvalue weighted by Crippen LogP contribution is -2.49. The average Bonchev–Trinajstić information content (AvgIpc) is 2.80. The van der Waals surface area contributed by atoms with Crippen LogP contribution in [0.2, 0.25) is 0 Å². The van der Waals surface area contributed by atoms with Gasteiger partial charge in [-0.05, 0) is 25.5 Å². The molecule has 1 amide bonds. The lowest BCUT2D eigenvalue weighted by atomic mass is 9.99. The van der Waals surface area contributed by atoms with E-state index in [0.29, 0.717) is 19.6 Å². The van der Waals surface area contributed by atoms with Gasteiger partial charge in [-0.2, -0.15) is 0 Å². The second-order valence-electron chi connectivity index (χ2n) is 5.52. The quantitative estimate of drug-likeness (QED) is 0.837. The monoisotopic (exact) mass is 260 g/mol. The van der Waals surface area contributed by atoms with E-state index in [1.165, 1.54) is 0 Å². The van der Waals surface area contributed by atoms with Crippen molar-refractivity contribution in [3.63, 3.8) is 0 Å². The Balaban J connectivity index is 1.78. The third kappa shape index (κ3) is 2.32. The number of para-hydroxylation sites is 1. The Hall–Kier alpha value is -1.55. The highest BCUT2D eigenvalue weighted by Gasteiger charge is 2.34. The SMILES string of the molecule is C[C@@H]1CN(C(=O)C2CNc3ccccc32)C[C@H](C)O1. The maximum atomic E-state index is 12.7. The molecule has 0 aliphatic carbocycles. The van der Waals surface area contributed by atoms with Gasteiger partial charge in [-0.1, -0.05) is 18.2 Å². The predicted molar refractivity (Wildman–Crippen MR) is 74.3 cm³/mol. The molecule has 1 aromatic carbocycles. The first-order valence-corrected chi connectivity index (χ1v) is 6.92. The molecule has 3 rings (SSSR count). The van der Waals surface area contributed by atoms with Crippen LogP contribution in [0.15, 0.2) is 24.3 Å². The highest BCUT2D eigenvalue weighted by molar-refractivity contribution is 5.88. The molecule has 2 heterocycles. The number of morpholine rings is 1. The van der Waals surface area contributed by atoms with E-state index in [2.05, 4.69) is 5.32 Å². The number of ether oxygens (including phenoxy) is 1. The molecule has 4 nitrogen and oxygen atoms in total. The second-order valence-corrected chi connectivity index (χ2v) is 5.52. The average molecular weight is 260 g/mol. The summed E-state index contributed by atoms with van der Waals surface area (Å²) in [7, 11) is 0. The smallest absolute Gasteiger partial charge is 0.232 e. The number of fused-ring (bicyclic) bond motifs is 1. The van der Waals surface area contributed by atoms with Crippen LogP contribution < -0.4 is 5.32 Å². The molecular formula is C15H20N2O2. The summed E-state index contributed by atoms with van der Waals surface area (Å²) in [6.45, 7) is 6.15. The largest absolute Gasteiger partial charge is 0.384 e. The van der Waals surface area contributed by atoms with Crippen LogP contribution >= 0.6 is 0 Å². The van der Waals surface area contributed by atoms with Gasteiger partial charge in [0.05, 0.1) is 18.1 Å². The van der Waals surface area contributed by atoms with Gasteiger partial charge in [-0.15, -0.1) is 0 Å². The Morgan fingerprint density at radius 3 is 2.68 bits per heavy atom. The highest BCUT2D eigenvalue weighted by Crippen LogP contribution is 2.32. The molecule has 0 spiro atoms. The van der Waals surface area contributed by atoms with Crippen molar-refractivity contribution in [2.45, 2.75) is 32.0 Å². The van der Waals surface area contributed by atoms with E-state index in [4.69, 9.17) is 4.74 Å². The van der Waals surface area contributed by atoms with Crippen molar-refractivity contribution in [1.82, 2.24) is 4.90 Å². The van der Waals surface area contributed by atoms with Crippen LogP contribution in [0, 0.1) is 0 Å². The summed E-state index contributed by atoms with van der Waals surface area (Å²) in [5.74, 6) is 0.174. The van der Waals surface area contributed by atoms with Gasteiger partial charge >= 0.3 is 0 Å². The van der Waals surface area contributed by atoms with Crippen molar-refractivity contribution >= 4 is 11.6 Å². The summed E-state index contributed by atoms with van der Waals surface area (Å²) in [6, 6.07) is 8.08. The van der Waals surface area contributed by atoms with Gasteiger partial charge in [-0.3, -0.25) is 4.79 Å². The molecule has 0 aromatic heterocycles. The Kier molecular flexibility index (Phi) is 3.19. The first-order valence-electron chi connectivity index (χ1n) is 6.92. The number of rotatable bonds is 1. The number of nitrogens with one attached hydrogen (secondary N) is 1. The molecule has 0 bridgehead atoms. The van der Waals surface area contributed by atoms with Crippen molar-refractivity contribution < 1.29 is 9.53 Å². The molecule has 1 N–H and O–H groups in total. The zero-order valence-corrected chi connectivity index (χ0v) is 11.4. The summed E-state index contributed by atoms with van der Waals surface area (Å²) < 4.78 is 5.69. The van der Waals surface area contributed by atoms with Crippen LogP contribution in [0.1, 0.15) is 25.3 Å². The number of nitrogens with zero attached hydrogens (tertiary/aromatic N) is 1. The van der Waals surface area contributed by atoms with E-state index in [1.54, 1.807) is 0 Å². The van der Waals surface area contributed by atoms with Crippen LogP contribution in [0.5, 0.6) is 0 Å². The maximum Gasteiger partial charge on any atom is 0.232 e. The first-order chi connectivity index (χ1) is 9.15. The molecule has 1 fully saturated rings. The topological polar surface area (TPSA) is 41.6 Å². The predicted octanol–water partition coefficient (Wildman–Crippen LogP) is 1.83. The number of anilines is 1. The molecule has 4 heteroatoms. The van der Waals surface area contributed by atoms with Crippen LogP contribution in [-0.2, 0) is 9.53 Å². The second kappa shape index (κ2) is 4.85. The molecule has 2 aliphatic heterocycles. The Labute approximate surface area is 113 Å². The summed E-state index contributed by atoms with van der Waals surface area (Å²) in [4.78, 5) is 14.6. The van der Waals surface area contributed by atoms with Crippen LogP contribution in [0.25, 0.3) is 0 Å². The van der Waals surface area contributed by atoms with Gasteiger partial charge in [0.2, 0.25) is 5.91 Å². The zero-order chi connectivity index (χ0) is 13.4. The molecule has 0 radical (unpaired) electrons. The lowest BCUT2D eigenvalue weighted by Gasteiger charge is -2.36. The Morgan fingerprint density at radius 1 is 1.26 bits per heavy atom. The van der Waals surface area contributed by atoms with Gasteiger partial charge in [0, 0.05) is 25.3 Å². The molecular weight excluding hydrogens is 240 g/mol. The van der Waals surface area contributed by atoms with E-state index in [9.17, 15) is 4.79 Å². The Morgan fingerprint density at radius 2 is 1.95 bits per heavy atom. The summed E-state index contributed by atoms with van der Waals surface area (Å²) in [6.07, 6.45) is 0.245. The minimum absolute atomic E-state index is 0.0475. The van der Waals surface area contributed by atoms with E-state index >= 15 is 0 Å². The van der Waals surface area contributed by atoms with Crippen molar-refractivity contribution in [2.24, 2.45) is 0 Å². The first kappa shape index (κ1) is 12.5. The third-order valence-corrected chi connectivity index (χ3v) is 3.86. The molecule has 2 aliphatic rings. The summed E-state index contributed by atoms with van der Waals surface area (Å²) in [5, 5.41) is 3.31. The van der Waals surface area contributed by atoms with Gasteiger partial charge in [0.15, 0.2) is 0 Å².